The molecule has 0 aromatic carbocycles. The van der Waals surface area contributed by atoms with Gasteiger partial charge in [0.2, 0.25) is 0 Å². The summed E-state index contributed by atoms with van der Waals surface area (Å²) >= 11 is 0. The molecule has 0 heterocycles. The summed E-state index contributed by atoms with van der Waals surface area (Å²) in [5, 5.41) is 19.5. The lowest BCUT2D eigenvalue weighted by Gasteiger charge is -2.59. The van der Waals surface area contributed by atoms with Crippen molar-refractivity contribution in [1.29, 1.82) is 0 Å². The molecule has 0 aliphatic heterocycles. The average molecular weight is 348 g/mol. The summed E-state index contributed by atoms with van der Waals surface area (Å²) in [7, 11) is 0. The number of Topliss-reactive ketones (excluding diaryl/α,β-unsaturated/α-hetero) is 2. The number of hydrogen-bond donors (Lipinski definition) is 2. The summed E-state index contributed by atoms with van der Waals surface area (Å²) in [4.78, 5) is 25.6. The quantitative estimate of drug-likeness (QED) is 0.805. The summed E-state index contributed by atoms with van der Waals surface area (Å²) in [5.41, 5.74) is -0.227. The zero-order valence-corrected chi connectivity index (χ0v) is 15.5. The van der Waals surface area contributed by atoms with Crippen molar-refractivity contribution in [3.8, 4) is 0 Å². The maximum Gasteiger partial charge on any atom is 0.161 e. The van der Waals surface area contributed by atoms with Crippen molar-refractivity contribution < 1.29 is 19.8 Å². The zero-order chi connectivity index (χ0) is 18.0. The van der Waals surface area contributed by atoms with Crippen LogP contribution in [-0.2, 0) is 9.59 Å². The van der Waals surface area contributed by atoms with Crippen molar-refractivity contribution in [2.75, 3.05) is 6.61 Å². The average Bonchev–Trinajstić information content (AvgIpc) is 2.91. The summed E-state index contributed by atoms with van der Waals surface area (Å²) in [5.74, 6) is 1.52. The molecule has 4 heteroatoms. The van der Waals surface area contributed by atoms with E-state index in [1.54, 1.807) is 0 Å². The second kappa shape index (κ2) is 5.88. The fourth-order valence-corrected chi connectivity index (χ4v) is 7.69. The fraction of sp³-hybridized carbons (Fsp3) is 0.905. The van der Waals surface area contributed by atoms with E-state index in [2.05, 4.69) is 13.8 Å². The third kappa shape index (κ3) is 2.39. The first kappa shape index (κ1) is 17.7. The minimum Gasteiger partial charge on any atom is -0.393 e. The van der Waals surface area contributed by atoms with Crippen molar-refractivity contribution in [3.05, 3.63) is 0 Å². The molecule has 2 N–H and O–H groups in total. The normalized spacial score (nSPS) is 52.2. The van der Waals surface area contributed by atoms with Gasteiger partial charge in [-0.25, -0.2) is 0 Å². The van der Waals surface area contributed by atoms with Crippen LogP contribution in [0.4, 0.5) is 0 Å². The molecule has 4 aliphatic carbocycles. The van der Waals surface area contributed by atoms with Gasteiger partial charge >= 0.3 is 0 Å². The van der Waals surface area contributed by atoms with Crippen LogP contribution in [0, 0.1) is 40.4 Å². The fourth-order valence-electron chi connectivity index (χ4n) is 7.69. The first-order chi connectivity index (χ1) is 11.8. The van der Waals surface area contributed by atoms with E-state index in [0.717, 1.165) is 44.9 Å². The van der Waals surface area contributed by atoms with Gasteiger partial charge in [0.1, 0.15) is 12.4 Å². The summed E-state index contributed by atoms with van der Waals surface area (Å²) < 4.78 is 0. The zero-order valence-electron chi connectivity index (χ0n) is 15.5. The van der Waals surface area contributed by atoms with E-state index in [-0.39, 0.29) is 34.6 Å². The molecule has 8 atom stereocenters. The highest BCUT2D eigenvalue weighted by atomic mass is 16.3. The Kier molecular flexibility index (Phi) is 4.16. The topological polar surface area (TPSA) is 74.6 Å². The van der Waals surface area contributed by atoms with Crippen LogP contribution in [0.15, 0.2) is 0 Å². The van der Waals surface area contributed by atoms with Crippen LogP contribution in [0.3, 0.4) is 0 Å². The maximum absolute atomic E-state index is 13.3. The molecule has 0 aromatic rings. The van der Waals surface area contributed by atoms with Gasteiger partial charge in [-0.05, 0) is 73.5 Å². The van der Waals surface area contributed by atoms with Gasteiger partial charge in [-0.3, -0.25) is 9.59 Å². The van der Waals surface area contributed by atoms with Gasteiger partial charge in [0.05, 0.1) is 6.10 Å². The Hall–Kier alpha value is -0.740. The summed E-state index contributed by atoms with van der Waals surface area (Å²) in [6.45, 7) is 4.04. The molecule has 0 saturated heterocycles. The Labute approximate surface area is 150 Å². The van der Waals surface area contributed by atoms with Crippen LogP contribution in [0.2, 0.25) is 0 Å². The third-order valence-electron chi connectivity index (χ3n) is 8.87. The van der Waals surface area contributed by atoms with Crippen LogP contribution < -0.4 is 0 Å². The van der Waals surface area contributed by atoms with E-state index in [1.807, 2.05) is 0 Å². The molecule has 140 valence electrons. The van der Waals surface area contributed by atoms with Gasteiger partial charge in [0.15, 0.2) is 5.78 Å². The van der Waals surface area contributed by atoms with Crippen LogP contribution in [0.25, 0.3) is 0 Å². The van der Waals surface area contributed by atoms with E-state index < -0.39 is 6.61 Å². The molecule has 0 amide bonds. The van der Waals surface area contributed by atoms with Gasteiger partial charge in [-0.2, -0.15) is 0 Å². The highest BCUT2D eigenvalue weighted by molar-refractivity contribution is 5.88. The smallest absolute Gasteiger partial charge is 0.161 e. The van der Waals surface area contributed by atoms with Gasteiger partial charge in [-0.1, -0.05) is 13.8 Å². The second-order valence-corrected chi connectivity index (χ2v) is 9.86. The van der Waals surface area contributed by atoms with Crippen molar-refractivity contribution in [3.63, 3.8) is 0 Å². The molecule has 4 nitrogen and oxygen atoms in total. The Morgan fingerprint density at radius 2 is 1.88 bits per heavy atom. The molecule has 0 unspecified atom stereocenters. The Bertz CT molecular complexity index is 586. The predicted molar refractivity (Wildman–Crippen MR) is 93.7 cm³/mol. The number of hydrogen-bond acceptors (Lipinski definition) is 4. The summed E-state index contributed by atoms with van der Waals surface area (Å²) in [6, 6.07) is 0. The first-order valence-electron chi connectivity index (χ1n) is 10.2. The molecule has 4 rings (SSSR count). The van der Waals surface area contributed by atoms with E-state index in [9.17, 15) is 19.8 Å². The van der Waals surface area contributed by atoms with Crippen LogP contribution in [0.5, 0.6) is 0 Å². The predicted octanol–water partition coefficient (Wildman–Crippen LogP) is 2.75. The Morgan fingerprint density at radius 3 is 2.60 bits per heavy atom. The standard InChI is InChI=1S/C21H32O4/c1-20-8-7-13(23)9-12(20)3-4-14-15-5-6-16(18(25)11-22)21(15,2)10-17(24)19(14)20/h12-16,19,22-23H,3-11H2,1-2H3/t12-,13-,14+,15+,16-,19-,20-,21+/m0/s1. The van der Waals surface area contributed by atoms with Crippen LogP contribution >= 0.6 is 0 Å². The van der Waals surface area contributed by atoms with Crippen molar-refractivity contribution in [2.24, 2.45) is 40.4 Å². The van der Waals surface area contributed by atoms with Crippen molar-refractivity contribution in [2.45, 2.75) is 71.3 Å². The molecule has 0 radical (unpaired) electrons. The molecule has 0 spiro atoms. The molecule has 0 aromatic heterocycles. The van der Waals surface area contributed by atoms with Gasteiger partial charge in [0, 0.05) is 18.3 Å². The number of fused-ring (bicyclic) bond motifs is 5. The number of aliphatic hydroxyl groups excluding tert-OH is 2. The number of carbonyl (C=O) groups is 2. The van der Waals surface area contributed by atoms with E-state index in [0.29, 0.717) is 30.0 Å². The van der Waals surface area contributed by atoms with Crippen molar-refractivity contribution >= 4 is 11.6 Å². The second-order valence-electron chi connectivity index (χ2n) is 9.86. The largest absolute Gasteiger partial charge is 0.393 e. The minimum atomic E-state index is -0.396. The Balaban J connectivity index is 1.66. The lowest BCUT2D eigenvalue weighted by molar-refractivity contribution is -0.162. The SMILES string of the molecule is C[C@]12CC[C@H](O)C[C@@H]1CC[C@@H]1[C@H]3CC[C@@H](C(=O)CO)[C@]3(C)CC(=O)[C@H]12. The molecular weight excluding hydrogens is 316 g/mol. The first-order valence-corrected chi connectivity index (χ1v) is 10.2. The molecule has 0 bridgehead atoms. The minimum absolute atomic E-state index is 0.0274. The molecule has 4 fully saturated rings. The summed E-state index contributed by atoms with van der Waals surface area (Å²) in [6.07, 6.45) is 6.93. The molecular formula is C21H32O4. The van der Waals surface area contributed by atoms with Crippen molar-refractivity contribution in [1.82, 2.24) is 0 Å². The molecule has 4 saturated carbocycles. The third-order valence-corrected chi connectivity index (χ3v) is 8.87. The van der Waals surface area contributed by atoms with E-state index >= 15 is 0 Å². The van der Waals surface area contributed by atoms with Gasteiger partial charge in [-0.15, -0.1) is 0 Å². The number of ketones is 2. The van der Waals surface area contributed by atoms with Crippen LogP contribution in [-0.4, -0.2) is 34.5 Å². The lowest BCUT2D eigenvalue weighted by Crippen LogP contribution is -2.58. The number of aliphatic hydroxyl groups is 2. The molecule has 4 aliphatic rings. The number of rotatable bonds is 2. The number of carbonyl (C=O) groups excluding carboxylic acids is 2. The monoisotopic (exact) mass is 348 g/mol. The highest BCUT2D eigenvalue weighted by Crippen LogP contribution is 2.66. The maximum atomic E-state index is 13.3. The van der Waals surface area contributed by atoms with Gasteiger partial charge < -0.3 is 10.2 Å². The lowest BCUT2D eigenvalue weighted by atomic mass is 9.44. The van der Waals surface area contributed by atoms with Gasteiger partial charge in [0.25, 0.3) is 0 Å². The van der Waals surface area contributed by atoms with Crippen LogP contribution in [0.1, 0.15) is 65.2 Å². The van der Waals surface area contributed by atoms with E-state index in [1.165, 1.54) is 0 Å². The molecule has 25 heavy (non-hydrogen) atoms. The van der Waals surface area contributed by atoms with E-state index in [4.69, 9.17) is 0 Å². The Morgan fingerprint density at radius 1 is 1.12 bits per heavy atom. The highest BCUT2D eigenvalue weighted by Gasteiger charge is 2.63.